The largest absolute Gasteiger partial charge is 0.354 e. The van der Waals surface area contributed by atoms with Crippen molar-refractivity contribution < 1.29 is 9.72 Å². The molecular formula is C18H19N3O3. The molecule has 1 heterocycles. The summed E-state index contributed by atoms with van der Waals surface area (Å²) in [5.41, 5.74) is 2.91. The molecule has 1 unspecified atom stereocenters. The van der Waals surface area contributed by atoms with Gasteiger partial charge in [0.05, 0.1) is 11.3 Å². The van der Waals surface area contributed by atoms with E-state index >= 15 is 0 Å². The van der Waals surface area contributed by atoms with Gasteiger partial charge in [-0.25, -0.2) is 0 Å². The molecule has 0 fully saturated rings. The van der Waals surface area contributed by atoms with E-state index in [1.807, 2.05) is 12.1 Å². The second-order valence-corrected chi connectivity index (χ2v) is 5.82. The molecule has 0 saturated heterocycles. The molecule has 124 valence electrons. The van der Waals surface area contributed by atoms with Gasteiger partial charge in [0.2, 0.25) is 5.91 Å². The van der Waals surface area contributed by atoms with Crippen LogP contribution in [0.15, 0.2) is 48.5 Å². The number of hydrogen-bond donors (Lipinski definition) is 2. The Morgan fingerprint density at radius 2 is 1.96 bits per heavy atom. The fourth-order valence-corrected chi connectivity index (χ4v) is 3.06. The van der Waals surface area contributed by atoms with Crippen molar-refractivity contribution in [2.45, 2.75) is 18.9 Å². The third-order valence-corrected chi connectivity index (χ3v) is 4.26. The van der Waals surface area contributed by atoms with E-state index in [0.717, 1.165) is 13.0 Å². The van der Waals surface area contributed by atoms with Gasteiger partial charge in [-0.05, 0) is 24.1 Å². The zero-order valence-corrected chi connectivity index (χ0v) is 13.2. The predicted octanol–water partition coefficient (Wildman–Crippen LogP) is 2.14. The van der Waals surface area contributed by atoms with Crippen LogP contribution in [0.2, 0.25) is 0 Å². The molecule has 0 saturated carbocycles. The van der Waals surface area contributed by atoms with Gasteiger partial charge in [-0.3, -0.25) is 14.9 Å². The summed E-state index contributed by atoms with van der Waals surface area (Å²) in [6, 6.07) is 14.6. The average Bonchev–Trinajstić information content (AvgIpc) is 2.60. The summed E-state index contributed by atoms with van der Waals surface area (Å²) in [6.45, 7) is 1.35. The summed E-state index contributed by atoms with van der Waals surface area (Å²) in [5.74, 6) is -0.214. The standard InChI is InChI=1S/C18H19N3O3/c22-18(11-14-6-2-4-8-17(14)21(23)24)20-12-16-15-7-3-1-5-13(15)9-10-19-16/h1-8,16,19H,9-12H2,(H,20,22). The molecule has 6 heteroatoms. The molecule has 1 aliphatic rings. The highest BCUT2D eigenvalue weighted by atomic mass is 16.6. The van der Waals surface area contributed by atoms with Crippen LogP contribution in [-0.4, -0.2) is 23.9 Å². The first-order chi connectivity index (χ1) is 11.6. The second-order valence-electron chi connectivity index (χ2n) is 5.82. The third kappa shape index (κ3) is 3.60. The van der Waals surface area contributed by atoms with Crippen LogP contribution >= 0.6 is 0 Å². The first-order valence-corrected chi connectivity index (χ1v) is 7.95. The van der Waals surface area contributed by atoms with Gasteiger partial charge >= 0.3 is 0 Å². The van der Waals surface area contributed by atoms with Crippen molar-refractivity contribution in [1.29, 1.82) is 0 Å². The third-order valence-electron chi connectivity index (χ3n) is 4.26. The maximum Gasteiger partial charge on any atom is 0.273 e. The fraction of sp³-hybridized carbons (Fsp3) is 0.278. The predicted molar refractivity (Wildman–Crippen MR) is 90.7 cm³/mol. The Morgan fingerprint density at radius 1 is 1.21 bits per heavy atom. The monoisotopic (exact) mass is 325 g/mol. The molecule has 0 aliphatic carbocycles. The van der Waals surface area contributed by atoms with Crippen molar-refractivity contribution in [1.82, 2.24) is 10.6 Å². The van der Waals surface area contributed by atoms with E-state index < -0.39 is 4.92 Å². The number of para-hydroxylation sites is 1. The van der Waals surface area contributed by atoms with Crippen molar-refractivity contribution >= 4 is 11.6 Å². The first-order valence-electron chi connectivity index (χ1n) is 7.95. The molecule has 0 spiro atoms. The lowest BCUT2D eigenvalue weighted by molar-refractivity contribution is -0.385. The summed E-state index contributed by atoms with van der Waals surface area (Å²) < 4.78 is 0. The lowest BCUT2D eigenvalue weighted by atomic mass is 9.94. The van der Waals surface area contributed by atoms with Crippen molar-refractivity contribution in [2.75, 3.05) is 13.1 Å². The normalized spacial score (nSPS) is 16.2. The number of rotatable bonds is 5. The van der Waals surface area contributed by atoms with Crippen LogP contribution in [0.5, 0.6) is 0 Å². The van der Waals surface area contributed by atoms with Crippen LogP contribution in [0.1, 0.15) is 22.7 Å². The van der Waals surface area contributed by atoms with Gasteiger partial charge in [0.15, 0.2) is 0 Å². The number of nitrogens with one attached hydrogen (secondary N) is 2. The van der Waals surface area contributed by atoms with E-state index in [9.17, 15) is 14.9 Å². The van der Waals surface area contributed by atoms with Crippen LogP contribution in [0.3, 0.4) is 0 Å². The van der Waals surface area contributed by atoms with Crippen LogP contribution in [0.4, 0.5) is 5.69 Å². The van der Waals surface area contributed by atoms with Gasteiger partial charge in [0, 0.05) is 24.2 Å². The number of benzene rings is 2. The molecule has 0 radical (unpaired) electrons. The summed E-state index contributed by atoms with van der Waals surface area (Å²) in [4.78, 5) is 22.7. The number of nitro benzene ring substituents is 1. The van der Waals surface area contributed by atoms with Crippen molar-refractivity contribution in [3.05, 3.63) is 75.3 Å². The molecule has 1 atom stereocenters. The highest BCUT2D eigenvalue weighted by Crippen LogP contribution is 2.22. The quantitative estimate of drug-likeness (QED) is 0.651. The Kier molecular flexibility index (Phi) is 4.86. The second kappa shape index (κ2) is 7.23. The number of fused-ring (bicyclic) bond motifs is 1. The molecule has 0 bridgehead atoms. The Bertz CT molecular complexity index is 761. The SMILES string of the molecule is O=C(Cc1ccccc1[N+](=O)[O-])NCC1NCCc2ccccc21. The fourth-order valence-electron chi connectivity index (χ4n) is 3.06. The van der Waals surface area contributed by atoms with Crippen LogP contribution < -0.4 is 10.6 Å². The molecule has 1 amide bonds. The van der Waals surface area contributed by atoms with Crippen LogP contribution in [-0.2, 0) is 17.6 Å². The lowest BCUT2D eigenvalue weighted by Crippen LogP contribution is -2.39. The minimum atomic E-state index is -0.457. The molecule has 2 aromatic rings. The Hall–Kier alpha value is -2.73. The van der Waals surface area contributed by atoms with E-state index in [1.54, 1.807) is 18.2 Å². The number of hydrogen-bond acceptors (Lipinski definition) is 4. The van der Waals surface area contributed by atoms with Gasteiger partial charge in [0.1, 0.15) is 0 Å². The van der Waals surface area contributed by atoms with Gasteiger partial charge in [0.25, 0.3) is 5.69 Å². The number of carbonyl (C=O) groups excluding carboxylic acids is 1. The van der Waals surface area contributed by atoms with E-state index in [0.29, 0.717) is 12.1 Å². The number of amides is 1. The molecule has 6 nitrogen and oxygen atoms in total. The van der Waals surface area contributed by atoms with E-state index in [-0.39, 0.29) is 24.1 Å². The summed E-state index contributed by atoms with van der Waals surface area (Å²) in [6.07, 6.45) is 0.988. The smallest absolute Gasteiger partial charge is 0.273 e. The zero-order chi connectivity index (χ0) is 16.9. The maximum absolute atomic E-state index is 12.2. The van der Waals surface area contributed by atoms with Crippen molar-refractivity contribution in [2.24, 2.45) is 0 Å². The average molecular weight is 325 g/mol. The molecule has 3 rings (SSSR count). The van der Waals surface area contributed by atoms with E-state index in [4.69, 9.17) is 0 Å². The summed E-state index contributed by atoms with van der Waals surface area (Å²) in [7, 11) is 0. The first kappa shape index (κ1) is 16.1. The molecule has 2 aromatic carbocycles. The van der Waals surface area contributed by atoms with E-state index in [1.165, 1.54) is 17.2 Å². The molecular weight excluding hydrogens is 306 g/mol. The van der Waals surface area contributed by atoms with Crippen LogP contribution in [0, 0.1) is 10.1 Å². The molecule has 1 aliphatic heterocycles. The van der Waals surface area contributed by atoms with Gasteiger partial charge in [-0.2, -0.15) is 0 Å². The minimum absolute atomic E-state index is 0.00548. The van der Waals surface area contributed by atoms with Gasteiger partial charge in [-0.1, -0.05) is 42.5 Å². The van der Waals surface area contributed by atoms with E-state index in [2.05, 4.69) is 22.8 Å². The van der Waals surface area contributed by atoms with Crippen molar-refractivity contribution in [3.63, 3.8) is 0 Å². The zero-order valence-electron chi connectivity index (χ0n) is 13.2. The number of nitrogens with zero attached hydrogens (tertiary/aromatic N) is 1. The van der Waals surface area contributed by atoms with Gasteiger partial charge < -0.3 is 10.6 Å². The Labute approximate surface area is 140 Å². The maximum atomic E-state index is 12.2. The van der Waals surface area contributed by atoms with Gasteiger partial charge in [-0.15, -0.1) is 0 Å². The molecule has 24 heavy (non-hydrogen) atoms. The Morgan fingerprint density at radius 3 is 2.79 bits per heavy atom. The molecule has 2 N–H and O–H groups in total. The summed E-state index contributed by atoms with van der Waals surface area (Å²) in [5, 5.41) is 17.3. The Balaban J connectivity index is 1.62. The lowest BCUT2D eigenvalue weighted by Gasteiger charge is -2.27. The highest BCUT2D eigenvalue weighted by Gasteiger charge is 2.20. The molecule has 0 aromatic heterocycles. The number of nitro groups is 1. The highest BCUT2D eigenvalue weighted by molar-refractivity contribution is 5.79. The topological polar surface area (TPSA) is 84.3 Å². The summed E-state index contributed by atoms with van der Waals surface area (Å²) >= 11 is 0. The minimum Gasteiger partial charge on any atom is -0.354 e. The van der Waals surface area contributed by atoms with Crippen LogP contribution in [0.25, 0.3) is 0 Å². The number of carbonyl (C=O) groups is 1. The van der Waals surface area contributed by atoms with Crippen molar-refractivity contribution in [3.8, 4) is 0 Å².